The second kappa shape index (κ2) is 5.21. The molecular formula is C15H21N3O. The van der Waals surface area contributed by atoms with Crippen LogP contribution in [0.25, 0.3) is 0 Å². The zero-order chi connectivity index (χ0) is 13.2. The van der Waals surface area contributed by atoms with E-state index in [2.05, 4.69) is 16.3 Å². The molecule has 102 valence electrons. The normalized spacial score (nSPS) is 20.1. The summed E-state index contributed by atoms with van der Waals surface area (Å²) in [6.07, 6.45) is 3.64. The van der Waals surface area contributed by atoms with Crippen molar-refractivity contribution in [3.05, 3.63) is 29.3 Å². The molecule has 1 heterocycles. The lowest BCUT2D eigenvalue weighted by molar-refractivity contribution is 0.0998. The monoisotopic (exact) mass is 259 g/mol. The highest BCUT2D eigenvalue weighted by atomic mass is 16.1. The summed E-state index contributed by atoms with van der Waals surface area (Å²) in [4.78, 5) is 13.9. The van der Waals surface area contributed by atoms with E-state index in [0.29, 0.717) is 11.5 Å². The number of primary amides is 1. The smallest absolute Gasteiger partial charge is 0.248 e. The van der Waals surface area contributed by atoms with Crippen LogP contribution in [0, 0.1) is 0 Å². The van der Waals surface area contributed by atoms with Gasteiger partial charge < -0.3 is 16.0 Å². The number of nitrogens with zero attached hydrogens (tertiary/aromatic N) is 1. The molecule has 0 bridgehead atoms. The molecule has 0 spiro atoms. The lowest BCUT2D eigenvalue weighted by Gasteiger charge is -2.32. The Morgan fingerprint density at radius 1 is 1.26 bits per heavy atom. The molecular weight excluding hydrogens is 238 g/mol. The summed E-state index contributed by atoms with van der Waals surface area (Å²) in [7, 11) is 0. The van der Waals surface area contributed by atoms with Crippen LogP contribution in [0.5, 0.6) is 0 Å². The second-order valence-corrected chi connectivity index (χ2v) is 5.50. The van der Waals surface area contributed by atoms with Crippen LogP contribution in [0.3, 0.4) is 0 Å². The van der Waals surface area contributed by atoms with Crippen molar-refractivity contribution in [2.24, 2.45) is 5.73 Å². The van der Waals surface area contributed by atoms with Crippen LogP contribution >= 0.6 is 0 Å². The Morgan fingerprint density at radius 2 is 2.00 bits per heavy atom. The maximum absolute atomic E-state index is 11.6. The van der Waals surface area contributed by atoms with Crippen molar-refractivity contribution in [1.82, 2.24) is 5.32 Å². The van der Waals surface area contributed by atoms with Gasteiger partial charge in [-0.1, -0.05) is 6.42 Å². The highest BCUT2D eigenvalue weighted by Crippen LogP contribution is 2.39. The Balaban J connectivity index is 1.91. The molecule has 0 radical (unpaired) electrons. The van der Waals surface area contributed by atoms with Crippen molar-refractivity contribution in [2.45, 2.75) is 25.2 Å². The molecule has 3 N–H and O–H groups in total. The third-order valence-corrected chi connectivity index (χ3v) is 4.33. The summed E-state index contributed by atoms with van der Waals surface area (Å²) >= 11 is 0. The minimum absolute atomic E-state index is 0.297. The van der Waals surface area contributed by atoms with Gasteiger partial charge in [0.25, 0.3) is 0 Å². The van der Waals surface area contributed by atoms with E-state index in [1.165, 1.54) is 24.9 Å². The van der Waals surface area contributed by atoms with Crippen molar-refractivity contribution in [1.29, 1.82) is 0 Å². The maximum Gasteiger partial charge on any atom is 0.248 e. The number of hydrogen-bond acceptors (Lipinski definition) is 3. The van der Waals surface area contributed by atoms with Gasteiger partial charge in [-0.25, -0.2) is 0 Å². The predicted molar refractivity (Wildman–Crippen MR) is 76.6 cm³/mol. The quantitative estimate of drug-likeness (QED) is 0.864. The number of hydrogen-bond donors (Lipinski definition) is 2. The molecule has 3 rings (SSSR count). The molecule has 1 aromatic carbocycles. The van der Waals surface area contributed by atoms with Crippen molar-refractivity contribution in [3.63, 3.8) is 0 Å². The van der Waals surface area contributed by atoms with Crippen LogP contribution in [0.4, 0.5) is 5.69 Å². The average Bonchev–Trinajstić information content (AvgIpc) is 2.37. The average molecular weight is 259 g/mol. The Bertz CT molecular complexity index is 476. The van der Waals surface area contributed by atoms with Gasteiger partial charge in [-0.3, -0.25) is 4.79 Å². The molecule has 4 nitrogen and oxygen atoms in total. The van der Waals surface area contributed by atoms with Crippen molar-refractivity contribution < 1.29 is 4.79 Å². The molecule has 0 unspecified atom stereocenters. The van der Waals surface area contributed by atoms with E-state index in [4.69, 9.17) is 5.73 Å². The molecule has 1 aromatic rings. The van der Waals surface area contributed by atoms with Crippen LogP contribution in [0.2, 0.25) is 0 Å². The summed E-state index contributed by atoms with van der Waals surface area (Å²) in [5, 5.41) is 3.36. The molecule has 1 aliphatic heterocycles. The molecule has 4 heteroatoms. The van der Waals surface area contributed by atoms with Crippen molar-refractivity contribution in [2.75, 3.05) is 31.1 Å². The molecule has 0 atom stereocenters. The zero-order valence-electron chi connectivity index (χ0n) is 11.2. The molecule has 0 aromatic heterocycles. The zero-order valence-corrected chi connectivity index (χ0v) is 11.2. The lowest BCUT2D eigenvalue weighted by atomic mass is 9.78. The van der Waals surface area contributed by atoms with Crippen molar-refractivity contribution >= 4 is 11.6 Å². The molecule has 1 saturated carbocycles. The SMILES string of the molecule is NC(=O)c1ccc(N2CCNCC2)cc1C1CCC1. The highest BCUT2D eigenvalue weighted by molar-refractivity contribution is 5.95. The van der Waals surface area contributed by atoms with E-state index in [1.807, 2.05) is 12.1 Å². The van der Waals surface area contributed by atoms with Gasteiger partial charge in [-0.05, 0) is 42.5 Å². The van der Waals surface area contributed by atoms with Gasteiger partial charge in [0.2, 0.25) is 5.91 Å². The first-order valence-corrected chi connectivity index (χ1v) is 7.15. The fourth-order valence-corrected chi connectivity index (χ4v) is 2.95. The summed E-state index contributed by atoms with van der Waals surface area (Å²) in [6, 6.07) is 6.14. The van der Waals surface area contributed by atoms with Gasteiger partial charge in [-0.2, -0.15) is 0 Å². The first kappa shape index (κ1) is 12.5. The third-order valence-electron chi connectivity index (χ3n) is 4.33. The van der Waals surface area contributed by atoms with Gasteiger partial charge in [0, 0.05) is 37.4 Å². The summed E-state index contributed by atoms with van der Waals surface area (Å²) in [5.74, 6) is 0.235. The van der Waals surface area contributed by atoms with Crippen LogP contribution < -0.4 is 16.0 Å². The number of carbonyl (C=O) groups is 1. The Morgan fingerprint density at radius 3 is 2.58 bits per heavy atom. The number of anilines is 1. The molecule has 19 heavy (non-hydrogen) atoms. The highest BCUT2D eigenvalue weighted by Gasteiger charge is 2.25. The largest absolute Gasteiger partial charge is 0.369 e. The molecule has 1 aliphatic carbocycles. The van der Waals surface area contributed by atoms with E-state index >= 15 is 0 Å². The summed E-state index contributed by atoms with van der Waals surface area (Å²) in [6.45, 7) is 4.10. The van der Waals surface area contributed by atoms with Gasteiger partial charge in [0.1, 0.15) is 0 Å². The number of benzene rings is 1. The van der Waals surface area contributed by atoms with E-state index in [1.54, 1.807) is 0 Å². The van der Waals surface area contributed by atoms with Gasteiger partial charge in [0.05, 0.1) is 0 Å². The summed E-state index contributed by atoms with van der Waals surface area (Å²) in [5.41, 5.74) is 8.60. The molecule has 2 aliphatic rings. The van der Waals surface area contributed by atoms with Gasteiger partial charge in [0.15, 0.2) is 0 Å². The third kappa shape index (κ3) is 2.45. The number of carbonyl (C=O) groups excluding carboxylic acids is 1. The van der Waals surface area contributed by atoms with E-state index in [-0.39, 0.29) is 5.91 Å². The van der Waals surface area contributed by atoms with E-state index in [9.17, 15) is 4.79 Å². The fraction of sp³-hybridized carbons (Fsp3) is 0.533. The number of amides is 1. The Kier molecular flexibility index (Phi) is 3.42. The predicted octanol–water partition coefficient (Wildman–Crippen LogP) is 1.46. The molecule has 2 fully saturated rings. The van der Waals surface area contributed by atoms with Gasteiger partial charge >= 0.3 is 0 Å². The molecule has 1 saturated heterocycles. The van der Waals surface area contributed by atoms with Crippen LogP contribution in [-0.4, -0.2) is 32.1 Å². The van der Waals surface area contributed by atoms with Crippen LogP contribution in [0.1, 0.15) is 41.1 Å². The van der Waals surface area contributed by atoms with E-state index < -0.39 is 0 Å². The summed E-state index contributed by atoms with van der Waals surface area (Å²) < 4.78 is 0. The second-order valence-electron chi connectivity index (χ2n) is 5.50. The molecule has 1 amide bonds. The van der Waals surface area contributed by atoms with E-state index in [0.717, 1.165) is 31.7 Å². The van der Waals surface area contributed by atoms with Crippen LogP contribution in [-0.2, 0) is 0 Å². The maximum atomic E-state index is 11.6. The Hall–Kier alpha value is -1.55. The minimum Gasteiger partial charge on any atom is -0.369 e. The fourth-order valence-electron chi connectivity index (χ4n) is 2.95. The topological polar surface area (TPSA) is 58.4 Å². The van der Waals surface area contributed by atoms with Crippen molar-refractivity contribution in [3.8, 4) is 0 Å². The number of piperazine rings is 1. The Labute approximate surface area is 114 Å². The first-order chi connectivity index (χ1) is 9.25. The first-order valence-electron chi connectivity index (χ1n) is 7.15. The number of nitrogens with two attached hydrogens (primary N) is 1. The number of rotatable bonds is 3. The minimum atomic E-state index is -0.297. The standard InChI is InChI=1S/C15H21N3O/c16-15(19)13-5-4-12(18-8-6-17-7-9-18)10-14(13)11-2-1-3-11/h4-5,10-11,17H,1-3,6-9H2,(H2,16,19). The van der Waals surface area contributed by atoms with Crippen LogP contribution in [0.15, 0.2) is 18.2 Å². The lowest BCUT2D eigenvalue weighted by Crippen LogP contribution is -2.43. The van der Waals surface area contributed by atoms with Gasteiger partial charge in [-0.15, -0.1) is 0 Å². The number of nitrogens with one attached hydrogen (secondary N) is 1.